The highest BCUT2D eigenvalue weighted by Gasteiger charge is 2.30. The van der Waals surface area contributed by atoms with Crippen LogP contribution in [0.15, 0.2) is 16.5 Å². The first-order valence-electron chi connectivity index (χ1n) is 6.66. The summed E-state index contributed by atoms with van der Waals surface area (Å²) in [7, 11) is 1.56. The molecule has 0 atom stereocenters. The number of carbonyl (C=O) groups is 1. The summed E-state index contributed by atoms with van der Waals surface area (Å²) in [6.07, 6.45) is 0.851. The zero-order valence-electron chi connectivity index (χ0n) is 12.5. The molecule has 1 aromatic carbocycles. The minimum absolute atomic E-state index is 0.000877. The molecule has 0 aliphatic carbocycles. The number of fused-ring (bicyclic) bond motifs is 1. The van der Waals surface area contributed by atoms with Crippen LogP contribution in [0.1, 0.15) is 49.4 Å². The number of furan rings is 1. The van der Waals surface area contributed by atoms with Gasteiger partial charge < -0.3 is 14.3 Å². The van der Waals surface area contributed by atoms with Crippen molar-refractivity contribution < 1.29 is 19.1 Å². The van der Waals surface area contributed by atoms with Crippen molar-refractivity contribution in [1.29, 1.82) is 0 Å². The van der Waals surface area contributed by atoms with E-state index in [1.165, 1.54) is 0 Å². The highest BCUT2D eigenvalue weighted by atomic mass is 16.5. The maximum atomic E-state index is 11.5. The molecule has 0 fully saturated rings. The lowest BCUT2D eigenvalue weighted by atomic mass is 9.84. The Hall–Kier alpha value is -1.97. The van der Waals surface area contributed by atoms with Gasteiger partial charge in [-0.1, -0.05) is 27.7 Å². The second-order valence-electron chi connectivity index (χ2n) is 5.89. The van der Waals surface area contributed by atoms with Crippen molar-refractivity contribution in [3.63, 3.8) is 0 Å². The van der Waals surface area contributed by atoms with Gasteiger partial charge in [-0.05, 0) is 29.5 Å². The molecule has 2 rings (SSSR count). The SMILES string of the molecule is CCc1cc(OC)c2oc(C(=O)O)c(C(C)(C)C)c2c1. The highest BCUT2D eigenvalue weighted by Crippen LogP contribution is 2.40. The third kappa shape index (κ3) is 2.26. The molecule has 0 amide bonds. The standard InChI is InChI=1S/C16H20O4/c1-6-9-7-10-12(16(2,3)4)14(15(17)18)20-13(10)11(8-9)19-5/h7-8H,6H2,1-5H3,(H,17,18). The number of ether oxygens (including phenoxy) is 1. The molecule has 20 heavy (non-hydrogen) atoms. The normalized spacial score (nSPS) is 11.8. The molecule has 0 spiro atoms. The maximum absolute atomic E-state index is 11.5. The largest absolute Gasteiger partial charge is 0.493 e. The average Bonchev–Trinajstić information content (AvgIpc) is 2.76. The van der Waals surface area contributed by atoms with Gasteiger partial charge in [0.05, 0.1) is 7.11 Å². The number of carboxylic acids is 1. The second-order valence-corrected chi connectivity index (χ2v) is 5.89. The van der Waals surface area contributed by atoms with Gasteiger partial charge in [-0.2, -0.15) is 0 Å². The van der Waals surface area contributed by atoms with E-state index in [-0.39, 0.29) is 11.2 Å². The molecule has 0 aliphatic heterocycles. The van der Waals surface area contributed by atoms with Crippen molar-refractivity contribution in [2.24, 2.45) is 0 Å². The summed E-state index contributed by atoms with van der Waals surface area (Å²) in [5.74, 6) is -0.470. The van der Waals surface area contributed by atoms with Gasteiger partial charge in [-0.25, -0.2) is 4.79 Å². The molecular formula is C16H20O4. The Morgan fingerprint density at radius 2 is 2.00 bits per heavy atom. The minimum Gasteiger partial charge on any atom is -0.493 e. The molecule has 0 bridgehead atoms. The van der Waals surface area contributed by atoms with E-state index in [9.17, 15) is 9.90 Å². The van der Waals surface area contributed by atoms with Crippen LogP contribution >= 0.6 is 0 Å². The molecular weight excluding hydrogens is 256 g/mol. The summed E-state index contributed by atoms with van der Waals surface area (Å²) >= 11 is 0. The summed E-state index contributed by atoms with van der Waals surface area (Å²) in [5.41, 5.74) is 1.99. The van der Waals surface area contributed by atoms with Crippen LogP contribution in [-0.4, -0.2) is 18.2 Å². The van der Waals surface area contributed by atoms with E-state index in [0.717, 1.165) is 17.4 Å². The predicted octanol–water partition coefficient (Wildman–Crippen LogP) is 4.00. The van der Waals surface area contributed by atoms with Crippen molar-refractivity contribution >= 4 is 16.9 Å². The molecule has 0 radical (unpaired) electrons. The van der Waals surface area contributed by atoms with E-state index in [4.69, 9.17) is 9.15 Å². The molecule has 1 aromatic heterocycles. The minimum atomic E-state index is -1.05. The third-order valence-electron chi connectivity index (χ3n) is 3.39. The third-order valence-corrected chi connectivity index (χ3v) is 3.39. The van der Waals surface area contributed by atoms with Crippen LogP contribution in [0.25, 0.3) is 11.0 Å². The van der Waals surface area contributed by atoms with Gasteiger partial charge in [0.15, 0.2) is 11.3 Å². The van der Waals surface area contributed by atoms with Gasteiger partial charge in [-0.3, -0.25) is 0 Å². The lowest BCUT2D eigenvalue weighted by Gasteiger charge is -2.18. The van der Waals surface area contributed by atoms with Crippen LogP contribution < -0.4 is 4.74 Å². The number of methoxy groups -OCH3 is 1. The Labute approximate surface area is 118 Å². The Kier molecular flexibility index (Phi) is 3.50. The van der Waals surface area contributed by atoms with E-state index >= 15 is 0 Å². The summed E-state index contributed by atoms with van der Waals surface area (Å²) in [6, 6.07) is 3.89. The van der Waals surface area contributed by atoms with Crippen LogP contribution in [0.4, 0.5) is 0 Å². The van der Waals surface area contributed by atoms with Gasteiger partial charge in [0.2, 0.25) is 5.76 Å². The number of aryl methyl sites for hydroxylation is 1. The van der Waals surface area contributed by atoms with E-state index in [1.807, 2.05) is 32.9 Å². The average molecular weight is 276 g/mol. The Bertz CT molecular complexity index is 659. The lowest BCUT2D eigenvalue weighted by Crippen LogP contribution is -2.15. The van der Waals surface area contributed by atoms with Gasteiger partial charge in [0.1, 0.15) is 0 Å². The van der Waals surface area contributed by atoms with E-state index in [1.54, 1.807) is 7.11 Å². The van der Waals surface area contributed by atoms with Crippen molar-refractivity contribution in [2.75, 3.05) is 7.11 Å². The van der Waals surface area contributed by atoms with Crippen LogP contribution in [0.5, 0.6) is 5.75 Å². The van der Waals surface area contributed by atoms with Gasteiger partial charge in [-0.15, -0.1) is 0 Å². The van der Waals surface area contributed by atoms with Crippen molar-refractivity contribution in [3.05, 3.63) is 29.0 Å². The number of aromatic carboxylic acids is 1. The molecule has 0 aliphatic rings. The highest BCUT2D eigenvalue weighted by molar-refractivity contribution is 5.98. The summed E-state index contributed by atoms with van der Waals surface area (Å²) < 4.78 is 10.9. The number of benzene rings is 1. The molecule has 108 valence electrons. The summed E-state index contributed by atoms with van der Waals surface area (Å²) in [6.45, 7) is 7.99. The molecule has 0 saturated carbocycles. The smallest absolute Gasteiger partial charge is 0.372 e. The fraction of sp³-hybridized carbons (Fsp3) is 0.438. The molecule has 1 N–H and O–H groups in total. The molecule has 4 nitrogen and oxygen atoms in total. The van der Waals surface area contributed by atoms with Gasteiger partial charge in [0, 0.05) is 10.9 Å². The number of hydrogen-bond donors (Lipinski definition) is 1. The molecule has 1 heterocycles. The topological polar surface area (TPSA) is 59.7 Å². The van der Waals surface area contributed by atoms with Crippen molar-refractivity contribution in [1.82, 2.24) is 0 Å². The Morgan fingerprint density at radius 3 is 2.45 bits per heavy atom. The maximum Gasteiger partial charge on any atom is 0.372 e. The molecule has 0 unspecified atom stereocenters. The van der Waals surface area contributed by atoms with Crippen LogP contribution in [0.3, 0.4) is 0 Å². The van der Waals surface area contributed by atoms with E-state index in [2.05, 4.69) is 6.92 Å². The first-order chi connectivity index (χ1) is 9.29. The number of hydrogen-bond acceptors (Lipinski definition) is 3. The van der Waals surface area contributed by atoms with Gasteiger partial charge in [0.25, 0.3) is 0 Å². The summed E-state index contributed by atoms with van der Waals surface area (Å²) in [4.78, 5) is 11.5. The number of carboxylic acid groups (broad SMARTS) is 1. The molecule has 2 aromatic rings. The first kappa shape index (κ1) is 14.4. The number of rotatable bonds is 3. The molecule has 4 heteroatoms. The Balaban J connectivity index is 2.92. The summed E-state index contributed by atoms with van der Waals surface area (Å²) in [5, 5.41) is 10.2. The fourth-order valence-corrected chi connectivity index (χ4v) is 2.48. The van der Waals surface area contributed by atoms with Crippen molar-refractivity contribution in [3.8, 4) is 5.75 Å². The zero-order valence-corrected chi connectivity index (χ0v) is 12.5. The van der Waals surface area contributed by atoms with Crippen LogP contribution in [0, 0.1) is 0 Å². The molecule has 0 saturated heterocycles. The van der Waals surface area contributed by atoms with E-state index < -0.39 is 5.97 Å². The quantitative estimate of drug-likeness (QED) is 0.920. The monoisotopic (exact) mass is 276 g/mol. The van der Waals surface area contributed by atoms with E-state index in [0.29, 0.717) is 16.9 Å². The second kappa shape index (κ2) is 4.85. The fourth-order valence-electron chi connectivity index (χ4n) is 2.48. The lowest BCUT2D eigenvalue weighted by molar-refractivity contribution is 0.0661. The van der Waals surface area contributed by atoms with Crippen LogP contribution in [0.2, 0.25) is 0 Å². The predicted molar refractivity (Wildman–Crippen MR) is 77.8 cm³/mol. The first-order valence-corrected chi connectivity index (χ1v) is 6.66. The van der Waals surface area contributed by atoms with Crippen LogP contribution in [-0.2, 0) is 11.8 Å². The van der Waals surface area contributed by atoms with Crippen molar-refractivity contribution in [2.45, 2.75) is 39.5 Å². The zero-order chi connectivity index (χ0) is 15.1. The van der Waals surface area contributed by atoms with Gasteiger partial charge >= 0.3 is 5.97 Å². The Morgan fingerprint density at radius 1 is 1.35 bits per heavy atom.